The van der Waals surface area contributed by atoms with Crippen LogP contribution < -0.4 is 5.32 Å². The van der Waals surface area contributed by atoms with Gasteiger partial charge in [0.05, 0.1) is 0 Å². The van der Waals surface area contributed by atoms with E-state index in [4.69, 9.17) is 0 Å². The van der Waals surface area contributed by atoms with Gasteiger partial charge in [-0.1, -0.05) is 35.9 Å². The third kappa shape index (κ3) is 4.53. The summed E-state index contributed by atoms with van der Waals surface area (Å²) in [4.78, 5) is 23.7. The monoisotopic (exact) mass is 285 g/mol. The Kier molecular flexibility index (Phi) is 4.82. The fraction of sp³-hybridized carbons (Fsp3) is 0.176. The molecule has 0 aliphatic heterocycles. The van der Waals surface area contributed by atoms with Crippen LogP contribution >= 0.6 is 0 Å². The molecule has 0 bridgehead atoms. The first-order valence-electron chi connectivity index (χ1n) is 6.70. The van der Waals surface area contributed by atoms with Crippen LogP contribution in [0.4, 0.5) is 10.1 Å². The maximum atomic E-state index is 13.0. The van der Waals surface area contributed by atoms with Gasteiger partial charge in [0.15, 0.2) is 5.78 Å². The first kappa shape index (κ1) is 14.9. The number of hydrogen-bond acceptors (Lipinski definition) is 2. The third-order valence-electron chi connectivity index (χ3n) is 3.06. The van der Waals surface area contributed by atoms with E-state index in [1.807, 2.05) is 19.1 Å². The number of anilines is 1. The molecule has 0 saturated heterocycles. The molecule has 3 nitrogen and oxygen atoms in total. The number of ketones is 1. The third-order valence-corrected chi connectivity index (χ3v) is 3.06. The van der Waals surface area contributed by atoms with E-state index in [0.29, 0.717) is 11.3 Å². The molecule has 21 heavy (non-hydrogen) atoms. The highest BCUT2D eigenvalue weighted by Gasteiger charge is 2.09. The van der Waals surface area contributed by atoms with Gasteiger partial charge in [0.1, 0.15) is 5.82 Å². The minimum atomic E-state index is -0.413. The van der Waals surface area contributed by atoms with E-state index in [9.17, 15) is 14.0 Å². The second-order valence-electron chi connectivity index (χ2n) is 4.85. The molecule has 0 aromatic heterocycles. The van der Waals surface area contributed by atoms with Gasteiger partial charge in [-0.3, -0.25) is 9.59 Å². The molecule has 0 heterocycles. The van der Waals surface area contributed by atoms with E-state index < -0.39 is 5.82 Å². The lowest BCUT2D eigenvalue weighted by Gasteiger charge is -2.05. The Morgan fingerprint density at radius 2 is 1.76 bits per heavy atom. The zero-order valence-electron chi connectivity index (χ0n) is 11.7. The quantitative estimate of drug-likeness (QED) is 0.851. The van der Waals surface area contributed by atoms with Gasteiger partial charge in [-0.25, -0.2) is 4.39 Å². The lowest BCUT2D eigenvalue weighted by Crippen LogP contribution is -2.13. The van der Waals surface area contributed by atoms with E-state index in [1.165, 1.54) is 18.2 Å². The smallest absolute Gasteiger partial charge is 0.224 e. The van der Waals surface area contributed by atoms with Crippen LogP contribution in [0.2, 0.25) is 0 Å². The largest absolute Gasteiger partial charge is 0.326 e. The number of carbonyl (C=O) groups is 2. The molecule has 0 fully saturated rings. The number of amides is 1. The Balaban J connectivity index is 1.86. The van der Waals surface area contributed by atoms with E-state index in [0.717, 1.165) is 5.56 Å². The summed E-state index contributed by atoms with van der Waals surface area (Å²) < 4.78 is 13.0. The molecule has 2 aromatic carbocycles. The Bertz CT molecular complexity index is 650. The first-order valence-corrected chi connectivity index (χ1v) is 6.70. The van der Waals surface area contributed by atoms with Crippen LogP contribution in [-0.4, -0.2) is 11.7 Å². The highest BCUT2D eigenvalue weighted by atomic mass is 19.1. The number of nitrogens with one attached hydrogen (secondary N) is 1. The SMILES string of the molecule is Cc1ccc(C(=O)CCC(=O)Nc2cccc(F)c2)cc1. The fourth-order valence-electron chi connectivity index (χ4n) is 1.90. The number of rotatable bonds is 5. The van der Waals surface area contributed by atoms with Crippen LogP contribution in [-0.2, 0) is 4.79 Å². The normalized spacial score (nSPS) is 10.2. The lowest BCUT2D eigenvalue weighted by atomic mass is 10.0. The van der Waals surface area contributed by atoms with E-state index >= 15 is 0 Å². The van der Waals surface area contributed by atoms with Crippen molar-refractivity contribution in [1.29, 1.82) is 0 Å². The molecule has 2 aromatic rings. The summed E-state index contributed by atoms with van der Waals surface area (Å²) in [5, 5.41) is 2.57. The molecule has 0 aliphatic rings. The molecule has 0 atom stereocenters. The second kappa shape index (κ2) is 6.79. The molecular weight excluding hydrogens is 269 g/mol. The van der Waals surface area contributed by atoms with E-state index in [-0.39, 0.29) is 24.5 Å². The molecule has 108 valence electrons. The van der Waals surface area contributed by atoms with Gasteiger partial charge in [-0.05, 0) is 25.1 Å². The van der Waals surface area contributed by atoms with Gasteiger partial charge in [0.2, 0.25) is 5.91 Å². The Morgan fingerprint density at radius 3 is 2.43 bits per heavy atom. The molecule has 2 rings (SSSR count). The predicted octanol–water partition coefficient (Wildman–Crippen LogP) is 3.74. The van der Waals surface area contributed by atoms with Crippen molar-refractivity contribution in [3.63, 3.8) is 0 Å². The zero-order chi connectivity index (χ0) is 15.2. The van der Waals surface area contributed by atoms with Crippen LogP contribution in [0.5, 0.6) is 0 Å². The van der Waals surface area contributed by atoms with E-state index in [2.05, 4.69) is 5.32 Å². The van der Waals surface area contributed by atoms with Gasteiger partial charge < -0.3 is 5.32 Å². The molecule has 1 N–H and O–H groups in total. The Morgan fingerprint density at radius 1 is 1.05 bits per heavy atom. The maximum Gasteiger partial charge on any atom is 0.224 e. The lowest BCUT2D eigenvalue weighted by molar-refractivity contribution is -0.116. The number of aryl methyl sites for hydroxylation is 1. The summed E-state index contributed by atoms with van der Waals surface area (Å²) in [6, 6.07) is 12.9. The molecule has 0 spiro atoms. The van der Waals surface area contributed by atoms with Gasteiger partial charge in [-0.2, -0.15) is 0 Å². The summed E-state index contributed by atoms with van der Waals surface area (Å²) in [6.45, 7) is 1.95. The van der Waals surface area contributed by atoms with Crippen LogP contribution in [0.3, 0.4) is 0 Å². The van der Waals surface area contributed by atoms with Crippen molar-refractivity contribution in [3.05, 3.63) is 65.5 Å². The molecule has 0 saturated carbocycles. The van der Waals surface area contributed by atoms with Crippen molar-refractivity contribution in [1.82, 2.24) is 0 Å². The topological polar surface area (TPSA) is 46.2 Å². The van der Waals surface area contributed by atoms with Crippen LogP contribution in [0.25, 0.3) is 0 Å². The van der Waals surface area contributed by atoms with Gasteiger partial charge in [-0.15, -0.1) is 0 Å². The summed E-state index contributed by atoms with van der Waals surface area (Å²) in [7, 11) is 0. The van der Waals surface area contributed by atoms with Gasteiger partial charge in [0, 0.05) is 24.1 Å². The van der Waals surface area contributed by atoms with Crippen LogP contribution in [0.1, 0.15) is 28.8 Å². The standard InChI is InChI=1S/C17H16FNO2/c1-12-5-7-13(8-6-12)16(20)9-10-17(21)19-15-4-2-3-14(18)11-15/h2-8,11H,9-10H2,1H3,(H,19,21). The number of carbonyl (C=O) groups excluding carboxylic acids is 2. The minimum absolute atomic E-state index is 0.0726. The van der Waals surface area contributed by atoms with Gasteiger partial charge in [0.25, 0.3) is 0 Å². The van der Waals surface area contributed by atoms with Crippen LogP contribution in [0.15, 0.2) is 48.5 Å². The average molecular weight is 285 g/mol. The molecular formula is C17H16FNO2. The second-order valence-corrected chi connectivity index (χ2v) is 4.85. The molecule has 0 radical (unpaired) electrons. The van der Waals surface area contributed by atoms with Crippen molar-refractivity contribution in [2.45, 2.75) is 19.8 Å². The first-order chi connectivity index (χ1) is 10.0. The van der Waals surface area contributed by atoms with E-state index in [1.54, 1.807) is 18.2 Å². The van der Waals surface area contributed by atoms with Crippen molar-refractivity contribution in [2.75, 3.05) is 5.32 Å². The number of Topliss-reactive ketones (excluding diaryl/α,β-unsaturated/α-hetero) is 1. The summed E-state index contributed by atoms with van der Waals surface area (Å²) in [5.74, 6) is -0.797. The van der Waals surface area contributed by atoms with Gasteiger partial charge >= 0.3 is 0 Å². The van der Waals surface area contributed by atoms with Crippen molar-refractivity contribution in [3.8, 4) is 0 Å². The van der Waals surface area contributed by atoms with Crippen LogP contribution in [0, 0.1) is 12.7 Å². The summed E-state index contributed by atoms with van der Waals surface area (Å²) >= 11 is 0. The predicted molar refractivity (Wildman–Crippen MR) is 79.8 cm³/mol. The maximum absolute atomic E-state index is 13.0. The van der Waals surface area contributed by atoms with Crippen molar-refractivity contribution >= 4 is 17.4 Å². The zero-order valence-corrected chi connectivity index (χ0v) is 11.7. The summed E-state index contributed by atoms with van der Waals surface area (Å²) in [6.07, 6.45) is 0.202. The number of halogens is 1. The highest BCUT2D eigenvalue weighted by Crippen LogP contribution is 2.11. The Labute approximate surface area is 122 Å². The number of hydrogen-bond donors (Lipinski definition) is 1. The Hall–Kier alpha value is -2.49. The molecule has 0 aliphatic carbocycles. The minimum Gasteiger partial charge on any atom is -0.326 e. The number of benzene rings is 2. The molecule has 1 amide bonds. The average Bonchev–Trinajstić information content (AvgIpc) is 2.45. The highest BCUT2D eigenvalue weighted by molar-refractivity contribution is 6.00. The fourth-order valence-corrected chi connectivity index (χ4v) is 1.90. The summed E-state index contributed by atoms with van der Waals surface area (Å²) in [5.41, 5.74) is 2.07. The van der Waals surface area contributed by atoms with Crippen molar-refractivity contribution < 1.29 is 14.0 Å². The molecule has 4 heteroatoms. The van der Waals surface area contributed by atoms with Crippen molar-refractivity contribution in [2.24, 2.45) is 0 Å². The molecule has 0 unspecified atom stereocenters.